The number of nitrogens with zero attached hydrogens (tertiary/aromatic N) is 2. The van der Waals surface area contributed by atoms with Gasteiger partial charge in [-0.15, -0.1) is 0 Å². The summed E-state index contributed by atoms with van der Waals surface area (Å²) < 4.78 is 0. The quantitative estimate of drug-likeness (QED) is 0.783. The van der Waals surface area contributed by atoms with Crippen molar-refractivity contribution >= 4 is 34.7 Å². The monoisotopic (exact) mass is 397 g/mol. The van der Waals surface area contributed by atoms with Crippen LogP contribution in [-0.4, -0.2) is 49.3 Å². The third-order valence-electron chi connectivity index (χ3n) is 5.57. The fourth-order valence-electron chi connectivity index (χ4n) is 4.00. The Morgan fingerprint density at radius 1 is 1.00 bits per heavy atom. The number of fused-ring (bicyclic) bond motifs is 1. The lowest BCUT2D eigenvalue weighted by Gasteiger charge is -2.36. The molecule has 0 atom stereocenters. The predicted octanol–water partition coefficient (Wildman–Crippen LogP) is 3.62. The molecule has 146 valence electrons. The van der Waals surface area contributed by atoms with Crippen LogP contribution in [0.4, 0.5) is 11.4 Å². The van der Waals surface area contributed by atoms with Gasteiger partial charge in [0.15, 0.2) is 5.78 Å². The van der Waals surface area contributed by atoms with Crippen molar-refractivity contribution < 1.29 is 9.59 Å². The van der Waals surface area contributed by atoms with E-state index < -0.39 is 0 Å². The van der Waals surface area contributed by atoms with E-state index in [4.69, 9.17) is 11.6 Å². The minimum atomic E-state index is 0.0217. The summed E-state index contributed by atoms with van der Waals surface area (Å²) >= 11 is 6.31. The van der Waals surface area contributed by atoms with Gasteiger partial charge in [-0.3, -0.25) is 14.5 Å². The van der Waals surface area contributed by atoms with E-state index in [2.05, 4.69) is 21.2 Å². The van der Waals surface area contributed by atoms with Gasteiger partial charge >= 0.3 is 0 Å². The van der Waals surface area contributed by atoms with Gasteiger partial charge in [0.25, 0.3) is 0 Å². The van der Waals surface area contributed by atoms with Crippen molar-refractivity contribution in [2.45, 2.75) is 19.3 Å². The van der Waals surface area contributed by atoms with Gasteiger partial charge in [-0.2, -0.15) is 0 Å². The largest absolute Gasteiger partial charge is 0.368 e. The average molecular weight is 398 g/mol. The number of hydrogen-bond acceptors (Lipinski definition) is 4. The third kappa shape index (κ3) is 4.05. The molecule has 6 heteroatoms. The summed E-state index contributed by atoms with van der Waals surface area (Å²) in [7, 11) is 0. The van der Waals surface area contributed by atoms with Crippen molar-refractivity contribution in [2.24, 2.45) is 0 Å². The fourth-order valence-corrected chi connectivity index (χ4v) is 4.26. The van der Waals surface area contributed by atoms with Crippen LogP contribution in [0.2, 0.25) is 5.02 Å². The average Bonchev–Trinajstić information content (AvgIpc) is 2.72. The Morgan fingerprint density at radius 2 is 1.79 bits per heavy atom. The molecule has 2 aromatic carbocycles. The van der Waals surface area contributed by atoms with E-state index in [0.717, 1.165) is 60.2 Å². The van der Waals surface area contributed by atoms with Crippen LogP contribution in [0.15, 0.2) is 42.5 Å². The number of benzene rings is 2. The van der Waals surface area contributed by atoms with E-state index in [1.807, 2.05) is 36.4 Å². The van der Waals surface area contributed by atoms with Gasteiger partial charge in [-0.1, -0.05) is 35.9 Å². The Bertz CT molecular complexity index is 891. The SMILES string of the molecule is O=C1CCc2c(cccc2C(=O)CCN2CCN(c3ccccc3Cl)CC2)N1. The highest BCUT2D eigenvalue weighted by Gasteiger charge is 2.22. The number of rotatable bonds is 5. The molecule has 4 rings (SSSR count). The van der Waals surface area contributed by atoms with Gasteiger partial charge in [0.1, 0.15) is 0 Å². The molecule has 5 nitrogen and oxygen atoms in total. The van der Waals surface area contributed by atoms with E-state index in [1.54, 1.807) is 0 Å². The molecule has 1 saturated heterocycles. The van der Waals surface area contributed by atoms with E-state index in [0.29, 0.717) is 19.3 Å². The normalized spacial score (nSPS) is 17.2. The van der Waals surface area contributed by atoms with Crippen LogP contribution in [-0.2, 0) is 11.2 Å². The van der Waals surface area contributed by atoms with Crippen LogP contribution < -0.4 is 10.2 Å². The maximum atomic E-state index is 12.8. The van der Waals surface area contributed by atoms with Crippen LogP contribution in [0.25, 0.3) is 0 Å². The van der Waals surface area contributed by atoms with Gasteiger partial charge < -0.3 is 10.2 Å². The van der Waals surface area contributed by atoms with Crippen molar-refractivity contribution in [3.8, 4) is 0 Å². The molecule has 28 heavy (non-hydrogen) atoms. The van der Waals surface area contributed by atoms with Crippen molar-refractivity contribution in [3.63, 3.8) is 0 Å². The number of amides is 1. The zero-order chi connectivity index (χ0) is 19.5. The number of hydrogen-bond donors (Lipinski definition) is 1. The molecule has 0 radical (unpaired) electrons. The topological polar surface area (TPSA) is 52.7 Å². The van der Waals surface area contributed by atoms with Crippen molar-refractivity contribution in [3.05, 3.63) is 58.6 Å². The van der Waals surface area contributed by atoms with E-state index in [-0.39, 0.29) is 11.7 Å². The minimum absolute atomic E-state index is 0.0217. The summed E-state index contributed by atoms with van der Waals surface area (Å²) in [6.07, 6.45) is 1.58. The summed E-state index contributed by atoms with van der Waals surface area (Å²) in [6.45, 7) is 4.41. The van der Waals surface area contributed by atoms with Gasteiger partial charge in [-0.25, -0.2) is 0 Å². The Labute approximate surface area is 170 Å². The minimum Gasteiger partial charge on any atom is -0.368 e. The predicted molar refractivity (Wildman–Crippen MR) is 112 cm³/mol. The van der Waals surface area contributed by atoms with Crippen LogP contribution >= 0.6 is 11.6 Å². The van der Waals surface area contributed by atoms with E-state index >= 15 is 0 Å². The second-order valence-corrected chi connectivity index (χ2v) is 7.74. The first-order valence-electron chi connectivity index (χ1n) is 9.78. The molecule has 0 aliphatic carbocycles. The number of Topliss-reactive ketones (excluding diaryl/α,β-unsaturated/α-hetero) is 1. The number of ketones is 1. The molecule has 1 N–H and O–H groups in total. The lowest BCUT2D eigenvalue weighted by molar-refractivity contribution is -0.116. The van der Waals surface area contributed by atoms with Crippen LogP contribution in [0, 0.1) is 0 Å². The molecular formula is C22H24ClN3O2. The van der Waals surface area contributed by atoms with Crippen LogP contribution in [0.3, 0.4) is 0 Å². The number of nitrogens with one attached hydrogen (secondary N) is 1. The fraction of sp³-hybridized carbons (Fsp3) is 0.364. The third-order valence-corrected chi connectivity index (χ3v) is 5.89. The maximum Gasteiger partial charge on any atom is 0.224 e. The van der Waals surface area contributed by atoms with E-state index in [9.17, 15) is 9.59 Å². The molecule has 2 heterocycles. The molecule has 1 fully saturated rings. The first kappa shape index (κ1) is 19.0. The lowest BCUT2D eigenvalue weighted by Crippen LogP contribution is -2.47. The number of piperazine rings is 1. The second-order valence-electron chi connectivity index (χ2n) is 7.33. The number of anilines is 2. The number of halogens is 1. The molecule has 0 aromatic heterocycles. The lowest BCUT2D eigenvalue weighted by atomic mass is 9.94. The van der Waals surface area contributed by atoms with Crippen LogP contribution in [0.1, 0.15) is 28.8 Å². The zero-order valence-corrected chi connectivity index (χ0v) is 16.5. The second kappa shape index (κ2) is 8.33. The highest BCUT2D eigenvalue weighted by molar-refractivity contribution is 6.33. The van der Waals surface area contributed by atoms with Crippen molar-refractivity contribution in [2.75, 3.05) is 42.9 Å². The van der Waals surface area contributed by atoms with Crippen molar-refractivity contribution in [1.82, 2.24) is 4.90 Å². The summed E-state index contributed by atoms with van der Waals surface area (Å²) in [4.78, 5) is 29.0. The van der Waals surface area contributed by atoms with Gasteiger partial charge in [0.05, 0.1) is 10.7 Å². The number of carbonyl (C=O) groups excluding carboxylic acids is 2. The van der Waals surface area contributed by atoms with E-state index in [1.165, 1.54) is 0 Å². The number of para-hydroxylation sites is 1. The smallest absolute Gasteiger partial charge is 0.224 e. The molecule has 0 saturated carbocycles. The molecule has 0 bridgehead atoms. The molecule has 2 aliphatic rings. The first-order chi connectivity index (χ1) is 13.6. The Morgan fingerprint density at radius 3 is 2.57 bits per heavy atom. The van der Waals surface area contributed by atoms with Gasteiger partial charge in [0.2, 0.25) is 5.91 Å². The molecule has 2 aromatic rings. The highest BCUT2D eigenvalue weighted by atomic mass is 35.5. The zero-order valence-electron chi connectivity index (χ0n) is 15.8. The number of carbonyl (C=O) groups is 2. The summed E-state index contributed by atoms with van der Waals surface area (Å²) in [6, 6.07) is 13.5. The molecule has 0 spiro atoms. The standard InChI is InChI=1S/C22H24ClN3O2/c23-18-5-1-2-7-20(18)26-14-12-25(13-15-26)11-10-21(27)17-4-3-6-19-16(17)8-9-22(28)24-19/h1-7H,8-15H2,(H,24,28). The summed E-state index contributed by atoms with van der Waals surface area (Å²) in [5, 5.41) is 3.65. The van der Waals surface area contributed by atoms with Crippen LogP contribution in [0.5, 0.6) is 0 Å². The van der Waals surface area contributed by atoms with Gasteiger partial charge in [-0.05, 0) is 30.2 Å². The highest BCUT2D eigenvalue weighted by Crippen LogP contribution is 2.28. The molecule has 0 unspecified atom stereocenters. The summed E-state index contributed by atoms with van der Waals surface area (Å²) in [5.41, 5.74) is 3.61. The Balaban J connectivity index is 1.33. The summed E-state index contributed by atoms with van der Waals surface area (Å²) in [5.74, 6) is 0.176. The first-order valence-corrected chi connectivity index (χ1v) is 10.2. The molecule has 2 aliphatic heterocycles. The van der Waals surface area contributed by atoms with Gasteiger partial charge in [0, 0.05) is 56.8 Å². The Hall–Kier alpha value is -2.37. The molecular weight excluding hydrogens is 374 g/mol. The van der Waals surface area contributed by atoms with Crippen molar-refractivity contribution in [1.29, 1.82) is 0 Å². The Kier molecular flexibility index (Phi) is 5.64. The molecule has 1 amide bonds. The maximum absolute atomic E-state index is 12.8.